The minimum Gasteiger partial charge on any atom is -0.444 e. The molecule has 2 N–H and O–H groups in total. The SMILES string of the molecule is CC(C)(C)OC(=O)NC1CCC(n2c(=O)[nH]c3cnccc32)CC1. The van der Waals surface area contributed by atoms with Crippen LogP contribution in [0.5, 0.6) is 0 Å². The number of fused-ring (bicyclic) bond motifs is 1. The molecule has 0 saturated heterocycles. The van der Waals surface area contributed by atoms with E-state index in [9.17, 15) is 9.59 Å². The Kier molecular flexibility index (Phi) is 4.34. The molecule has 24 heavy (non-hydrogen) atoms. The molecule has 130 valence electrons. The number of pyridine rings is 1. The van der Waals surface area contributed by atoms with E-state index in [-0.39, 0.29) is 23.9 Å². The Labute approximate surface area is 140 Å². The molecule has 1 aliphatic carbocycles. The molecule has 1 saturated carbocycles. The summed E-state index contributed by atoms with van der Waals surface area (Å²) in [6, 6.07) is 2.10. The molecule has 0 atom stereocenters. The lowest BCUT2D eigenvalue weighted by atomic mass is 9.91. The van der Waals surface area contributed by atoms with Gasteiger partial charge in [-0.05, 0) is 52.5 Å². The van der Waals surface area contributed by atoms with Crippen LogP contribution in [-0.2, 0) is 4.74 Å². The highest BCUT2D eigenvalue weighted by Gasteiger charge is 2.27. The normalized spacial score (nSPS) is 21.6. The number of carbonyl (C=O) groups excluding carboxylic acids is 1. The Morgan fingerprint density at radius 1 is 1.33 bits per heavy atom. The topological polar surface area (TPSA) is 89.0 Å². The van der Waals surface area contributed by atoms with Crippen molar-refractivity contribution in [1.82, 2.24) is 19.9 Å². The summed E-state index contributed by atoms with van der Waals surface area (Å²) in [7, 11) is 0. The summed E-state index contributed by atoms with van der Waals surface area (Å²) in [6.07, 6.45) is 6.33. The maximum atomic E-state index is 12.2. The van der Waals surface area contributed by atoms with E-state index in [2.05, 4.69) is 15.3 Å². The van der Waals surface area contributed by atoms with Crippen LogP contribution >= 0.6 is 0 Å². The number of H-pyrrole nitrogens is 1. The van der Waals surface area contributed by atoms with Gasteiger partial charge in [-0.3, -0.25) is 9.55 Å². The largest absolute Gasteiger partial charge is 0.444 e. The van der Waals surface area contributed by atoms with Gasteiger partial charge in [-0.1, -0.05) is 0 Å². The number of alkyl carbamates (subject to hydrolysis) is 1. The third-order valence-electron chi connectivity index (χ3n) is 4.30. The average molecular weight is 332 g/mol. The summed E-state index contributed by atoms with van der Waals surface area (Å²) in [5, 5.41) is 2.93. The zero-order valence-corrected chi connectivity index (χ0v) is 14.3. The van der Waals surface area contributed by atoms with Crippen molar-refractivity contribution in [2.45, 2.75) is 64.1 Å². The van der Waals surface area contributed by atoms with Gasteiger partial charge in [-0.2, -0.15) is 0 Å². The third-order valence-corrected chi connectivity index (χ3v) is 4.30. The van der Waals surface area contributed by atoms with Crippen molar-refractivity contribution in [3.05, 3.63) is 28.9 Å². The van der Waals surface area contributed by atoms with Gasteiger partial charge in [-0.15, -0.1) is 0 Å². The van der Waals surface area contributed by atoms with E-state index in [1.807, 2.05) is 31.4 Å². The molecule has 3 rings (SSSR count). The fraction of sp³-hybridized carbons (Fsp3) is 0.588. The molecule has 0 unspecified atom stereocenters. The molecule has 1 fully saturated rings. The Morgan fingerprint density at radius 2 is 2.04 bits per heavy atom. The summed E-state index contributed by atoms with van der Waals surface area (Å²) in [4.78, 5) is 31.0. The van der Waals surface area contributed by atoms with Gasteiger partial charge in [0.25, 0.3) is 0 Å². The second-order valence-electron chi connectivity index (χ2n) is 7.34. The molecule has 0 spiro atoms. The molecule has 1 amide bonds. The van der Waals surface area contributed by atoms with Crippen LogP contribution in [-0.4, -0.2) is 32.3 Å². The number of ether oxygens (including phenoxy) is 1. The van der Waals surface area contributed by atoms with Gasteiger partial charge < -0.3 is 15.0 Å². The summed E-state index contributed by atoms with van der Waals surface area (Å²) < 4.78 is 7.12. The van der Waals surface area contributed by atoms with E-state index in [0.717, 1.165) is 36.7 Å². The van der Waals surface area contributed by atoms with E-state index < -0.39 is 5.60 Å². The van der Waals surface area contributed by atoms with Gasteiger partial charge in [0.2, 0.25) is 0 Å². The molecule has 0 aromatic carbocycles. The van der Waals surface area contributed by atoms with Crippen LogP contribution in [0.1, 0.15) is 52.5 Å². The Balaban J connectivity index is 1.64. The summed E-state index contributed by atoms with van der Waals surface area (Å²) in [5.41, 5.74) is 1.06. The summed E-state index contributed by atoms with van der Waals surface area (Å²) >= 11 is 0. The molecular weight excluding hydrogens is 308 g/mol. The second kappa shape index (κ2) is 6.30. The second-order valence-corrected chi connectivity index (χ2v) is 7.34. The van der Waals surface area contributed by atoms with Gasteiger partial charge in [-0.25, -0.2) is 9.59 Å². The third kappa shape index (κ3) is 3.60. The molecular formula is C17H24N4O3. The number of hydrogen-bond acceptors (Lipinski definition) is 4. The van der Waals surface area contributed by atoms with Crippen LogP contribution in [0.3, 0.4) is 0 Å². The fourth-order valence-corrected chi connectivity index (χ4v) is 3.29. The molecule has 0 bridgehead atoms. The predicted octanol–water partition coefficient (Wildman–Crippen LogP) is 2.73. The zero-order valence-electron chi connectivity index (χ0n) is 14.3. The first-order valence-corrected chi connectivity index (χ1v) is 8.37. The van der Waals surface area contributed by atoms with Gasteiger partial charge in [0.05, 0.1) is 17.2 Å². The number of hydrogen-bond donors (Lipinski definition) is 2. The van der Waals surface area contributed by atoms with Gasteiger partial charge in [0.15, 0.2) is 0 Å². The molecule has 1 aliphatic rings. The van der Waals surface area contributed by atoms with Crippen molar-refractivity contribution in [2.75, 3.05) is 0 Å². The highest BCUT2D eigenvalue weighted by Crippen LogP contribution is 2.29. The lowest BCUT2D eigenvalue weighted by Crippen LogP contribution is -2.41. The Bertz CT molecular complexity index is 779. The number of nitrogens with zero attached hydrogens (tertiary/aromatic N) is 2. The van der Waals surface area contributed by atoms with Crippen LogP contribution in [0.2, 0.25) is 0 Å². The van der Waals surface area contributed by atoms with E-state index in [4.69, 9.17) is 4.74 Å². The number of amides is 1. The zero-order chi connectivity index (χ0) is 17.3. The smallest absolute Gasteiger partial charge is 0.407 e. The summed E-state index contributed by atoms with van der Waals surface area (Å²) in [6.45, 7) is 5.55. The minimum absolute atomic E-state index is 0.0958. The minimum atomic E-state index is -0.493. The first-order valence-electron chi connectivity index (χ1n) is 8.37. The lowest BCUT2D eigenvalue weighted by molar-refractivity contribution is 0.0488. The molecule has 7 nitrogen and oxygen atoms in total. The Morgan fingerprint density at radius 3 is 2.71 bits per heavy atom. The van der Waals surface area contributed by atoms with Crippen molar-refractivity contribution < 1.29 is 9.53 Å². The van der Waals surface area contributed by atoms with Gasteiger partial charge >= 0.3 is 11.8 Å². The van der Waals surface area contributed by atoms with Crippen LogP contribution in [0.25, 0.3) is 11.0 Å². The standard InChI is InChI=1S/C17H24N4O3/c1-17(2,3)24-16(23)19-11-4-6-12(7-5-11)21-14-8-9-18-10-13(14)20-15(21)22/h8-12H,4-7H2,1-3H3,(H,19,23)(H,20,22). The van der Waals surface area contributed by atoms with Crippen LogP contribution < -0.4 is 11.0 Å². The predicted molar refractivity (Wildman–Crippen MR) is 91.0 cm³/mol. The monoisotopic (exact) mass is 332 g/mol. The molecule has 0 aliphatic heterocycles. The lowest BCUT2D eigenvalue weighted by Gasteiger charge is -2.30. The highest BCUT2D eigenvalue weighted by atomic mass is 16.6. The summed E-state index contributed by atoms with van der Waals surface area (Å²) in [5.74, 6) is 0. The molecule has 2 aromatic rings. The van der Waals surface area contributed by atoms with Crippen molar-refractivity contribution in [3.63, 3.8) is 0 Å². The van der Waals surface area contributed by atoms with Crippen molar-refractivity contribution in [3.8, 4) is 0 Å². The van der Waals surface area contributed by atoms with Crippen LogP contribution in [0.15, 0.2) is 23.3 Å². The average Bonchev–Trinajstić information content (AvgIpc) is 2.82. The number of carbonyl (C=O) groups is 1. The van der Waals surface area contributed by atoms with Crippen molar-refractivity contribution in [1.29, 1.82) is 0 Å². The quantitative estimate of drug-likeness (QED) is 0.885. The van der Waals surface area contributed by atoms with E-state index in [1.165, 1.54) is 0 Å². The first kappa shape index (κ1) is 16.5. The highest BCUT2D eigenvalue weighted by molar-refractivity contribution is 5.73. The number of rotatable bonds is 2. The van der Waals surface area contributed by atoms with Crippen molar-refractivity contribution >= 4 is 17.1 Å². The van der Waals surface area contributed by atoms with E-state index >= 15 is 0 Å². The molecule has 2 aromatic heterocycles. The molecule has 7 heteroatoms. The maximum Gasteiger partial charge on any atom is 0.407 e. The van der Waals surface area contributed by atoms with E-state index in [1.54, 1.807) is 12.4 Å². The molecule has 0 radical (unpaired) electrons. The number of aromatic nitrogens is 3. The fourth-order valence-electron chi connectivity index (χ4n) is 3.29. The number of nitrogens with one attached hydrogen (secondary N) is 2. The van der Waals surface area contributed by atoms with Gasteiger partial charge in [0.1, 0.15) is 5.60 Å². The van der Waals surface area contributed by atoms with Crippen LogP contribution in [0.4, 0.5) is 4.79 Å². The van der Waals surface area contributed by atoms with E-state index in [0.29, 0.717) is 0 Å². The number of imidazole rings is 1. The maximum absolute atomic E-state index is 12.2. The molecule has 2 heterocycles. The first-order chi connectivity index (χ1) is 11.3. The van der Waals surface area contributed by atoms with Gasteiger partial charge in [0, 0.05) is 18.3 Å². The number of aromatic amines is 1. The Hall–Kier alpha value is -2.31. The van der Waals surface area contributed by atoms with Crippen molar-refractivity contribution in [2.24, 2.45) is 0 Å². The van der Waals surface area contributed by atoms with Crippen LogP contribution in [0, 0.1) is 0 Å².